The minimum absolute atomic E-state index is 0.119. The fourth-order valence-electron chi connectivity index (χ4n) is 1.30. The van der Waals surface area contributed by atoms with E-state index >= 15 is 0 Å². The highest BCUT2D eigenvalue weighted by atomic mass is 31.2. The third kappa shape index (κ3) is 4.77. The zero-order valence-electron chi connectivity index (χ0n) is 9.48. The Morgan fingerprint density at radius 1 is 1.00 bits per heavy atom. The van der Waals surface area contributed by atoms with Crippen molar-refractivity contribution in [2.75, 3.05) is 13.6 Å². The number of aliphatic hydroxyl groups is 1. The van der Waals surface area contributed by atoms with Gasteiger partial charge in [-0.3, -0.25) is 9.13 Å². The largest absolute Gasteiger partial charge is 0.369 e. The van der Waals surface area contributed by atoms with E-state index in [1.54, 1.807) is 7.05 Å². The van der Waals surface area contributed by atoms with Crippen LogP contribution < -0.4 is 5.32 Å². The van der Waals surface area contributed by atoms with Crippen molar-refractivity contribution in [1.82, 2.24) is 5.32 Å². The summed E-state index contributed by atoms with van der Waals surface area (Å²) >= 11 is 0. The number of nitrogens with one attached hydrogen (secondary N) is 1. The van der Waals surface area contributed by atoms with Crippen molar-refractivity contribution in [3.8, 4) is 0 Å². The second-order valence-corrected chi connectivity index (χ2v) is 7.79. The van der Waals surface area contributed by atoms with E-state index in [9.17, 15) is 14.2 Å². The Hall–Kier alpha value is 0.220. The van der Waals surface area contributed by atoms with Crippen LogP contribution in [0.1, 0.15) is 25.7 Å². The molecule has 10 heteroatoms. The maximum atomic E-state index is 11.0. The molecular weight excluding hydrogens is 272 g/mol. The molecule has 0 rings (SSSR count). The van der Waals surface area contributed by atoms with Crippen LogP contribution in [0.15, 0.2) is 0 Å². The van der Waals surface area contributed by atoms with Crippen LogP contribution in [0.2, 0.25) is 0 Å². The van der Waals surface area contributed by atoms with Crippen LogP contribution in [0.4, 0.5) is 0 Å². The molecule has 8 nitrogen and oxygen atoms in total. The first kappa shape index (κ1) is 17.2. The lowest BCUT2D eigenvalue weighted by atomic mass is 10.2. The van der Waals surface area contributed by atoms with E-state index in [0.29, 0.717) is 19.4 Å². The zero-order valence-corrected chi connectivity index (χ0v) is 11.3. The second kappa shape index (κ2) is 6.41. The van der Waals surface area contributed by atoms with Crippen molar-refractivity contribution in [3.63, 3.8) is 0 Å². The monoisotopic (exact) mass is 291 g/mol. The van der Waals surface area contributed by atoms with Gasteiger partial charge in [0.1, 0.15) is 0 Å². The lowest BCUT2D eigenvalue weighted by Gasteiger charge is -2.29. The number of rotatable bonds is 8. The Labute approximate surface area is 99.4 Å². The van der Waals surface area contributed by atoms with Gasteiger partial charge in [0.15, 0.2) is 0 Å². The lowest BCUT2D eigenvalue weighted by Crippen LogP contribution is -2.28. The molecule has 104 valence electrons. The van der Waals surface area contributed by atoms with Gasteiger partial charge in [-0.25, -0.2) is 0 Å². The first-order valence-electron chi connectivity index (χ1n) is 5.04. The quantitative estimate of drug-likeness (QED) is 0.265. The van der Waals surface area contributed by atoms with Crippen LogP contribution in [-0.4, -0.2) is 43.4 Å². The average molecular weight is 291 g/mol. The van der Waals surface area contributed by atoms with E-state index in [1.807, 2.05) is 0 Å². The van der Waals surface area contributed by atoms with Crippen LogP contribution in [0.3, 0.4) is 0 Å². The van der Waals surface area contributed by atoms with Gasteiger partial charge in [0.05, 0.1) is 0 Å². The van der Waals surface area contributed by atoms with Gasteiger partial charge >= 0.3 is 15.2 Å². The predicted octanol–water partition coefficient (Wildman–Crippen LogP) is -0.232. The normalized spacial score (nSPS) is 14.0. The van der Waals surface area contributed by atoms with Crippen LogP contribution in [-0.2, 0) is 9.13 Å². The summed E-state index contributed by atoms with van der Waals surface area (Å²) < 4.78 is 21.9. The Balaban J connectivity index is 4.55. The molecule has 0 fully saturated rings. The fourth-order valence-corrected chi connectivity index (χ4v) is 3.56. The molecule has 0 bridgehead atoms. The van der Waals surface area contributed by atoms with Crippen molar-refractivity contribution in [3.05, 3.63) is 0 Å². The first-order chi connectivity index (χ1) is 7.56. The Bertz CT molecular complexity index is 300. The minimum Gasteiger partial charge on any atom is -0.368 e. The third-order valence-corrected chi connectivity index (χ3v) is 6.25. The van der Waals surface area contributed by atoms with E-state index < -0.39 is 26.7 Å². The highest BCUT2D eigenvalue weighted by Gasteiger charge is 2.58. The van der Waals surface area contributed by atoms with Crippen LogP contribution in [0.25, 0.3) is 0 Å². The van der Waals surface area contributed by atoms with E-state index in [2.05, 4.69) is 5.32 Å². The molecule has 0 atom stereocenters. The van der Waals surface area contributed by atoms with Crippen molar-refractivity contribution < 1.29 is 33.8 Å². The number of hydrogen-bond donors (Lipinski definition) is 6. The van der Waals surface area contributed by atoms with Gasteiger partial charge in [0.25, 0.3) is 5.08 Å². The Morgan fingerprint density at radius 3 is 1.82 bits per heavy atom. The van der Waals surface area contributed by atoms with Crippen LogP contribution >= 0.6 is 15.2 Å². The van der Waals surface area contributed by atoms with Gasteiger partial charge in [-0.2, -0.15) is 0 Å². The predicted molar refractivity (Wildman–Crippen MR) is 61.4 cm³/mol. The molecule has 0 amide bonds. The number of unbranched alkanes of at least 4 members (excludes halogenated alkanes) is 2. The highest BCUT2D eigenvalue weighted by molar-refractivity contribution is 7.72. The lowest BCUT2D eigenvalue weighted by molar-refractivity contribution is 0.120. The topological polar surface area (TPSA) is 147 Å². The second-order valence-electron chi connectivity index (χ2n) is 3.78. The summed E-state index contributed by atoms with van der Waals surface area (Å²) in [6.45, 7) is 0.685. The third-order valence-electron chi connectivity index (χ3n) is 2.37. The smallest absolute Gasteiger partial charge is 0.368 e. The van der Waals surface area contributed by atoms with E-state index in [0.717, 1.165) is 0 Å². The standard InChI is InChI=1S/C7H19NO7P2/c1-8-6-4-2-3-5-7(9,16(10,11)12)17(13,14)15/h8-9H,2-6H2,1H3,(H2,10,11,12)(H2,13,14,15). The van der Waals surface area contributed by atoms with Gasteiger partial charge in [0, 0.05) is 0 Å². The molecule has 0 saturated heterocycles. The summed E-state index contributed by atoms with van der Waals surface area (Å²) in [5, 5.41) is 9.09. The maximum absolute atomic E-state index is 11.0. The van der Waals surface area contributed by atoms with Crippen molar-refractivity contribution in [2.24, 2.45) is 0 Å². The van der Waals surface area contributed by atoms with E-state index in [1.165, 1.54) is 0 Å². The summed E-state index contributed by atoms with van der Waals surface area (Å²) in [5.41, 5.74) is 0. The first-order valence-corrected chi connectivity index (χ1v) is 8.27. The molecule has 0 spiro atoms. The molecule has 0 aliphatic heterocycles. The van der Waals surface area contributed by atoms with E-state index in [-0.39, 0.29) is 6.42 Å². The Morgan fingerprint density at radius 2 is 1.47 bits per heavy atom. The summed E-state index contributed by atoms with van der Waals surface area (Å²) in [6, 6.07) is 0. The van der Waals surface area contributed by atoms with Crippen molar-refractivity contribution in [1.29, 1.82) is 0 Å². The molecule has 17 heavy (non-hydrogen) atoms. The summed E-state index contributed by atoms with van der Waals surface area (Å²) in [5.74, 6) is 0. The molecular formula is C7H19NO7P2. The van der Waals surface area contributed by atoms with Gasteiger partial charge in [-0.15, -0.1) is 0 Å². The molecule has 0 aromatic rings. The van der Waals surface area contributed by atoms with E-state index in [4.69, 9.17) is 19.6 Å². The highest BCUT2D eigenvalue weighted by Crippen LogP contribution is 2.69. The molecule has 0 radical (unpaired) electrons. The number of hydrogen-bond acceptors (Lipinski definition) is 4. The van der Waals surface area contributed by atoms with Gasteiger partial charge in [0.2, 0.25) is 0 Å². The molecule has 0 unspecified atom stereocenters. The van der Waals surface area contributed by atoms with Crippen LogP contribution in [0.5, 0.6) is 0 Å². The molecule has 6 N–H and O–H groups in total. The molecule has 0 heterocycles. The molecule has 0 aromatic heterocycles. The summed E-state index contributed by atoms with van der Waals surface area (Å²) in [6.07, 6.45) is 0.678. The molecule has 0 aliphatic rings. The summed E-state index contributed by atoms with van der Waals surface area (Å²) in [4.78, 5) is 35.3. The van der Waals surface area contributed by atoms with Crippen molar-refractivity contribution >= 4 is 15.2 Å². The molecule has 0 aromatic carbocycles. The van der Waals surface area contributed by atoms with Crippen LogP contribution in [0, 0.1) is 0 Å². The zero-order chi connectivity index (χ0) is 13.7. The minimum atomic E-state index is -5.29. The van der Waals surface area contributed by atoms with Gasteiger partial charge in [-0.1, -0.05) is 6.42 Å². The van der Waals surface area contributed by atoms with Gasteiger partial charge < -0.3 is 30.0 Å². The maximum Gasteiger partial charge on any atom is 0.369 e. The van der Waals surface area contributed by atoms with Crippen molar-refractivity contribution in [2.45, 2.75) is 30.8 Å². The molecule has 0 saturated carbocycles. The van der Waals surface area contributed by atoms with Gasteiger partial charge in [-0.05, 0) is 32.9 Å². The SMILES string of the molecule is CNCCCCCC(O)(P(=O)(O)O)P(=O)(O)O. The molecule has 0 aliphatic carbocycles. The fraction of sp³-hybridized carbons (Fsp3) is 1.00. The average Bonchev–Trinajstić information content (AvgIpc) is 2.13. The summed E-state index contributed by atoms with van der Waals surface area (Å²) in [7, 11) is -8.84. The Kier molecular flexibility index (Phi) is 6.49.